The van der Waals surface area contributed by atoms with Crippen LogP contribution < -0.4 is 5.32 Å². The van der Waals surface area contributed by atoms with Crippen molar-refractivity contribution in [3.8, 4) is 0 Å². The Labute approximate surface area is 142 Å². The van der Waals surface area contributed by atoms with E-state index in [-0.39, 0.29) is 23.6 Å². The number of ketones is 1. The molecule has 5 nitrogen and oxygen atoms in total. The van der Waals surface area contributed by atoms with E-state index in [0.29, 0.717) is 19.8 Å². The van der Waals surface area contributed by atoms with Crippen molar-refractivity contribution >= 4 is 5.78 Å². The van der Waals surface area contributed by atoms with Gasteiger partial charge in [0.1, 0.15) is 6.61 Å². The summed E-state index contributed by atoms with van der Waals surface area (Å²) in [6, 6.07) is 0. The Bertz CT molecular complexity index is 316. The summed E-state index contributed by atoms with van der Waals surface area (Å²) < 4.78 is 17.0. The second-order valence-electron chi connectivity index (χ2n) is 7.22. The highest BCUT2D eigenvalue weighted by Crippen LogP contribution is 2.17. The lowest BCUT2D eigenvalue weighted by atomic mass is 10.0. The summed E-state index contributed by atoms with van der Waals surface area (Å²) in [6.45, 7) is 15.7. The molecule has 0 aromatic carbocycles. The van der Waals surface area contributed by atoms with E-state index in [4.69, 9.17) is 14.2 Å². The van der Waals surface area contributed by atoms with Crippen LogP contribution in [0.3, 0.4) is 0 Å². The van der Waals surface area contributed by atoms with Gasteiger partial charge in [0, 0.05) is 6.54 Å². The maximum absolute atomic E-state index is 10.7. The second-order valence-corrected chi connectivity index (χ2v) is 7.22. The Morgan fingerprint density at radius 3 is 2.00 bits per heavy atom. The normalized spacial score (nSPS) is 12.6. The molecule has 0 bridgehead atoms. The van der Waals surface area contributed by atoms with E-state index < -0.39 is 0 Å². The fourth-order valence-corrected chi connectivity index (χ4v) is 2.26. The molecule has 0 saturated heterocycles. The van der Waals surface area contributed by atoms with Crippen molar-refractivity contribution in [2.75, 3.05) is 39.5 Å². The van der Waals surface area contributed by atoms with E-state index in [1.807, 2.05) is 0 Å². The molecule has 23 heavy (non-hydrogen) atoms. The fraction of sp³-hybridized carbons (Fsp3) is 0.944. The van der Waals surface area contributed by atoms with Gasteiger partial charge in [-0.3, -0.25) is 4.79 Å². The molecule has 0 amide bonds. The van der Waals surface area contributed by atoms with E-state index in [2.05, 4.69) is 39.9 Å². The fourth-order valence-electron chi connectivity index (χ4n) is 2.26. The van der Waals surface area contributed by atoms with Gasteiger partial charge in [0.05, 0.1) is 31.0 Å². The first-order chi connectivity index (χ1) is 10.7. The average molecular weight is 331 g/mol. The van der Waals surface area contributed by atoms with Gasteiger partial charge in [-0.05, 0) is 54.0 Å². The van der Waals surface area contributed by atoms with E-state index in [9.17, 15) is 4.79 Å². The van der Waals surface area contributed by atoms with Crippen LogP contribution in [0.5, 0.6) is 0 Å². The molecule has 0 saturated carbocycles. The largest absolute Gasteiger partial charge is 0.373 e. The molecule has 0 rings (SSSR count). The number of hydrogen-bond donors (Lipinski definition) is 1. The topological polar surface area (TPSA) is 56.8 Å². The first kappa shape index (κ1) is 22.5. The van der Waals surface area contributed by atoms with Gasteiger partial charge in [0.2, 0.25) is 0 Å². The monoisotopic (exact) mass is 331 g/mol. The summed E-state index contributed by atoms with van der Waals surface area (Å²) >= 11 is 0. The van der Waals surface area contributed by atoms with E-state index >= 15 is 0 Å². The van der Waals surface area contributed by atoms with Crippen LogP contribution in [0.4, 0.5) is 0 Å². The quantitative estimate of drug-likeness (QED) is 0.468. The van der Waals surface area contributed by atoms with Crippen molar-refractivity contribution in [1.82, 2.24) is 5.32 Å². The van der Waals surface area contributed by atoms with Crippen molar-refractivity contribution in [1.29, 1.82) is 0 Å². The highest BCUT2D eigenvalue weighted by atomic mass is 16.5. The molecule has 1 N–H and O–H groups in total. The molecule has 0 atom stereocenters. The van der Waals surface area contributed by atoms with Gasteiger partial charge < -0.3 is 19.5 Å². The van der Waals surface area contributed by atoms with E-state index in [0.717, 1.165) is 32.4 Å². The molecule has 0 aliphatic carbocycles. The van der Waals surface area contributed by atoms with Crippen LogP contribution in [0.1, 0.15) is 60.8 Å². The van der Waals surface area contributed by atoms with Crippen molar-refractivity contribution in [2.45, 2.75) is 72.0 Å². The van der Waals surface area contributed by atoms with Gasteiger partial charge in [-0.2, -0.15) is 0 Å². The molecule has 0 aromatic heterocycles. The number of nitrogens with one attached hydrogen (secondary N) is 1. The van der Waals surface area contributed by atoms with Crippen LogP contribution in [0, 0.1) is 0 Å². The van der Waals surface area contributed by atoms with Crippen LogP contribution in [-0.4, -0.2) is 56.5 Å². The Morgan fingerprint density at radius 1 is 0.913 bits per heavy atom. The molecule has 0 aromatic rings. The third kappa shape index (κ3) is 14.8. The molecule has 0 spiro atoms. The Morgan fingerprint density at radius 2 is 1.48 bits per heavy atom. The maximum Gasteiger partial charge on any atom is 0.155 e. The maximum atomic E-state index is 10.7. The zero-order valence-corrected chi connectivity index (χ0v) is 16.0. The number of Topliss-reactive ketones (excluding diaryl/α,β-unsaturated/α-hetero) is 1. The number of carbonyl (C=O) groups is 1. The molecular formula is C18H37NO4. The average Bonchev–Trinajstić information content (AvgIpc) is 2.42. The lowest BCUT2D eigenvalue weighted by Gasteiger charge is -2.28. The van der Waals surface area contributed by atoms with Crippen LogP contribution in [0.2, 0.25) is 0 Å². The van der Waals surface area contributed by atoms with Crippen molar-refractivity contribution in [3.63, 3.8) is 0 Å². The molecule has 138 valence electrons. The Kier molecular flexibility index (Phi) is 11.7. The minimum absolute atomic E-state index is 0.0591. The number of carbonyl (C=O) groups excluding carboxylic acids is 1. The van der Waals surface area contributed by atoms with Crippen molar-refractivity contribution < 1.29 is 19.0 Å². The van der Waals surface area contributed by atoms with E-state index in [1.165, 1.54) is 6.92 Å². The van der Waals surface area contributed by atoms with Gasteiger partial charge in [0.15, 0.2) is 5.78 Å². The predicted molar refractivity (Wildman–Crippen MR) is 94.0 cm³/mol. The molecule has 0 aliphatic rings. The molecule has 0 unspecified atom stereocenters. The third-order valence-corrected chi connectivity index (χ3v) is 3.55. The van der Waals surface area contributed by atoms with Crippen LogP contribution in [0.15, 0.2) is 0 Å². The highest BCUT2D eigenvalue weighted by Gasteiger charge is 2.20. The summed E-state index contributed by atoms with van der Waals surface area (Å²) in [4.78, 5) is 10.7. The lowest BCUT2D eigenvalue weighted by molar-refractivity contribution is -0.121. The summed E-state index contributed by atoms with van der Waals surface area (Å²) in [7, 11) is 0. The Hall–Kier alpha value is -0.490. The van der Waals surface area contributed by atoms with Crippen molar-refractivity contribution in [2.24, 2.45) is 0 Å². The SMILES string of the molecule is CCCC(C)(C)OCCOC(C)(C)CCNCCOCC(C)=O. The molecule has 5 heteroatoms. The molecular weight excluding hydrogens is 294 g/mol. The first-order valence-electron chi connectivity index (χ1n) is 8.74. The third-order valence-electron chi connectivity index (χ3n) is 3.55. The molecule has 0 heterocycles. The van der Waals surface area contributed by atoms with Crippen LogP contribution in [-0.2, 0) is 19.0 Å². The number of hydrogen-bond acceptors (Lipinski definition) is 5. The van der Waals surface area contributed by atoms with Gasteiger partial charge >= 0.3 is 0 Å². The van der Waals surface area contributed by atoms with Gasteiger partial charge in [-0.15, -0.1) is 0 Å². The van der Waals surface area contributed by atoms with Gasteiger partial charge in [-0.25, -0.2) is 0 Å². The van der Waals surface area contributed by atoms with Crippen LogP contribution in [0.25, 0.3) is 0 Å². The minimum atomic E-state index is -0.175. The molecule has 0 aliphatic heterocycles. The van der Waals surface area contributed by atoms with Crippen LogP contribution >= 0.6 is 0 Å². The van der Waals surface area contributed by atoms with Crippen molar-refractivity contribution in [3.05, 3.63) is 0 Å². The summed E-state index contributed by atoms with van der Waals surface area (Å²) in [5, 5.41) is 3.30. The summed E-state index contributed by atoms with van der Waals surface area (Å²) in [5.41, 5.74) is -0.241. The standard InChI is InChI=1S/C18H37NO4/c1-7-8-17(3,4)22-13-14-23-18(5,6)9-10-19-11-12-21-15-16(2)20/h19H,7-15H2,1-6H3. The Balaban J connectivity index is 3.63. The zero-order valence-electron chi connectivity index (χ0n) is 16.0. The van der Waals surface area contributed by atoms with Gasteiger partial charge in [0.25, 0.3) is 0 Å². The first-order valence-corrected chi connectivity index (χ1v) is 8.74. The summed E-state index contributed by atoms with van der Waals surface area (Å²) in [5.74, 6) is 0.0591. The smallest absolute Gasteiger partial charge is 0.155 e. The predicted octanol–water partition coefficient (Wildman–Crippen LogP) is 2.96. The minimum Gasteiger partial charge on any atom is -0.373 e. The highest BCUT2D eigenvalue weighted by molar-refractivity contribution is 5.76. The zero-order chi connectivity index (χ0) is 17.8. The second kappa shape index (κ2) is 12.0. The summed E-state index contributed by atoms with van der Waals surface area (Å²) in [6.07, 6.45) is 3.10. The number of ether oxygens (including phenoxy) is 3. The van der Waals surface area contributed by atoms with E-state index in [1.54, 1.807) is 0 Å². The lowest BCUT2D eigenvalue weighted by Crippen LogP contribution is -2.33. The van der Waals surface area contributed by atoms with Gasteiger partial charge in [-0.1, -0.05) is 13.3 Å². The number of rotatable bonds is 15. The molecule has 0 radical (unpaired) electrons. The molecule has 0 fully saturated rings.